The second-order valence-electron chi connectivity index (χ2n) is 14.9. The molecule has 6 amide bonds. The van der Waals surface area contributed by atoms with Gasteiger partial charge in [-0.2, -0.15) is 20.3 Å². The van der Waals surface area contributed by atoms with Gasteiger partial charge in [0, 0.05) is 43.1 Å². The topological polar surface area (TPSA) is 225 Å². The summed E-state index contributed by atoms with van der Waals surface area (Å²) in [7, 11) is 3.52. The lowest BCUT2D eigenvalue weighted by molar-refractivity contribution is 0.101. The van der Waals surface area contributed by atoms with E-state index in [1.165, 1.54) is 17.1 Å². The van der Waals surface area contributed by atoms with Crippen LogP contribution < -0.4 is 31.9 Å². The number of urea groups is 2. The molecule has 65 heavy (non-hydrogen) atoms. The molecule has 0 spiro atoms. The number of rotatable bonds is 12. The molecular formula is C44H37Cl2N15O4. The van der Waals surface area contributed by atoms with Crippen LogP contribution in [0.15, 0.2) is 128 Å². The largest absolute Gasteiger partial charge is 0.323 e. The number of nitrogens with zero attached hydrogens (tertiary/aromatic N) is 9. The molecule has 2 unspecified atom stereocenters. The first-order chi connectivity index (χ1) is 31.4. The Hall–Kier alpha value is -8.29. The summed E-state index contributed by atoms with van der Waals surface area (Å²) in [5, 5.41) is 35.2. The van der Waals surface area contributed by atoms with Crippen molar-refractivity contribution in [2.24, 2.45) is 14.1 Å². The van der Waals surface area contributed by atoms with E-state index in [-0.39, 0.29) is 23.7 Å². The summed E-state index contributed by atoms with van der Waals surface area (Å²) < 4.78 is 6.33. The van der Waals surface area contributed by atoms with Gasteiger partial charge in [0.1, 0.15) is 11.6 Å². The molecule has 9 rings (SSSR count). The molecule has 6 N–H and O–H groups in total. The van der Waals surface area contributed by atoms with Crippen molar-refractivity contribution < 1.29 is 19.2 Å². The van der Waals surface area contributed by atoms with Crippen molar-refractivity contribution in [1.29, 1.82) is 0 Å². The molecule has 4 aromatic carbocycles. The average molecular weight is 911 g/mol. The molecule has 0 saturated heterocycles. The molecule has 1 aliphatic rings. The molecule has 19 nitrogen and oxygen atoms in total. The quantitative estimate of drug-likeness (QED) is 0.0693. The molecule has 1 fully saturated rings. The summed E-state index contributed by atoms with van der Waals surface area (Å²) >= 11 is 12.3. The van der Waals surface area contributed by atoms with Crippen molar-refractivity contribution in [2.75, 3.05) is 31.9 Å². The van der Waals surface area contributed by atoms with Crippen molar-refractivity contribution in [1.82, 2.24) is 44.1 Å². The standard InChI is InChI=1S/C44H37Cl2N15O4/c1-58-38(53-40(62)25-9-7-11-29(17-25)60-23-27(21-47-60)49-43(64)51-35-15-5-3-13-33(35)45)20-37(56-58)31-19-32(31)39-54-42(57-59(39)2)55-41(63)26-10-8-12-30(18-26)61-24-28(22-48-61)50-44(65)52-36-16-6-4-14-34(36)46/h3-18,20-24,31-32H,19H2,1-2H3,(H,53,62)(H2,49,51,64)(H2,50,52,65)(H,55,57,63). The van der Waals surface area contributed by atoms with Crippen LogP contribution in [0.4, 0.5) is 44.1 Å². The number of benzene rings is 4. The van der Waals surface area contributed by atoms with Crippen LogP contribution in [0.3, 0.4) is 0 Å². The zero-order chi connectivity index (χ0) is 45.2. The first-order valence-corrected chi connectivity index (χ1v) is 20.7. The number of aromatic nitrogens is 9. The van der Waals surface area contributed by atoms with Gasteiger partial charge in [0.15, 0.2) is 0 Å². The first kappa shape index (κ1) is 42.0. The smallest absolute Gasteiger partial charge is 0.307 e. The minimum Gasteiger partial charge on any atom is -0.307 e. The van der Waals surface area contributed by atoms with E-state index in [0.29, 0.717) is 66.9 Å². The molecule has 2 atom stereocenters. The average Bonchev–Trinajstić information content (AvgIpc) is 3.63. The van der Waals surface area contributed by atoms with E-state index in [9.17, 15) is 19.2 Å². The van der Waals surface area contributed by atoms with E-state index < -0.39 is 18.0 Å². The number of hydrogen-bond acceptors (Lipinski definition) is 9. The predicted molar refractivity (Wildman–Crippen MR) is 246 cm³/mol. The SMILES string of the molecule is Cn1nc(C2CC2c2nc(NC(=O)c3cccc(-n4cc(NC(=O)Nc5ccccc5Cl)cn4)c3)nn2C)cc1NC(=O)c1cccc(-n2cc(NC(=O)Nc3ccccc3Cl)cn2)c1. The van der Waals surface area contributed by atoms with Crippen molar-refractivity contribution in [3.05, 3.63) is 161 Å². The fourth-order valence-electron chi connectivity index (χ4n) is 7.06. The van der Waals surface area contributed by atoms with Crippen LogP contribution in [-0.4, -0.2) is 68.0 Å². The number of para-hydroxylation sites is 2. The minimum atomic E-state index is -0.490. The van der Waals surface area contributed by atoms with E-state index in [2.05, 4.69) is 57.3 Å². The number of hydrogen-bond donors (Lipinski definition) is 6. The summed E-state index contributed by atoms with van der Waals surface area (Å²) in [4.78, 5) is 56.6. The molecular weight excluding hydrogens is 873 g/mol. The Bertz CT molecular complexity index is 3120. The lowest BCUT2D eigenvalue weighted by atomic mass is 10.2. The van der Waals surface area contributed by atoms with Gasteiger partial charge < -0.3 is 26.6 Å². The van der Waals surface area contributed by atoms with Crippen LogP contribution in [0.25, 0.3) is 11.4 Å². The molecule has 1 aliphatic carbocycles. The van der Waals surface area contributed by atoms with Gasteiger partial charge in [0.2, 0.25) is 5.95 Å². The van der Waals surface area contributed by atoms with Gasteiger partial charge in [0.05, 0.1) is 74.7 Å². The molecule has 8 aromatic rings. The number of carbonyl (C=O) groups is 4. The van der Waals surface area contributed by atoms with Gasteiger partial charge in [-0.05, 0) is 67.1 Å². The van der Waals surface area contributed by atoms with Gasteiger partial charge in [0.25, 0.3) is 11.8 Å². The third-order valence-corrected chi connectivity index (χ3v) is 11.0. The lowest BCUT2D eigenvalue weighted by Gasteiger charge is -2.08. The summed E-state index contributed by atoms with van der Waals surface area (Å²) in [6.45, 7) is 0. The highest BCUT2D eigenvalue weighted by atomic mass is 35.5. The lowest BCUT2D eigenvalue weighted by Crippen LogP contribution is -2.19. The van der Waals surface area contributed by atoms with E-state index in [0.717, 1.165) is 12.1 Å². The summed E-state index contributed by atoms with van der Waals surface area (Å²) in [6.07, 6.45) is 6.98. The van der Waals surface area contributed by atoms with Crippen LogP contribution in [-0.2, 0) is 14.1 Å². The Morgan fingerprint density at radius 3 is 1.68 bits per heavy atom. The van der Waals surface area contributed by atoms with Crippen LogP contribution in [0.2, 0.25) is 10.0 Å². The minimum absolute atomic E-state index is 0.0124. The first-order valence-electron chi connectivity index (χ1n) is 20.0. The highest BCUT2D eigenvalue weighted by Gasteiger charge is 2.45. The Kier molecular flexibility index (Phi) is 11.5. The van der Waals surface area contributed by atoms with Gasteiger partial charge in [-0.1, -0.05) is 59.6 Å². The molecule has 4 aromatic heterocycles. The van der Waals surface area contributed by atoms with Crippen LogP contribution >= 0.6 is 23.2 Å². The molecule has 326 valence electrons. The van der Waals surface area contributed by atoms with Gasteiger partial charge >= 0.3 is 12.1 Å². The molecule has 1 saturated carbocycles. The third kappa shape index (κ3) is 9.55. The Labute approximate surface area is 379 Å². The predicted octanol–water partition coefficient (Wildman–Crippen LogP) is 8.29. The zero-order valence-corrected chi connectivity index (χ0v) is 35.9. The fourth-order valence-corrected chi connectivity index (χ4v) is 7.43. The number of aryl methyl sites for hydroxylation is 2. The van der Waals surface area contributed by atoms with Crippen LogP contribution in [0.1, 0.15) is 50.5 Å². The highest BCUT2D eigenvalue weighted by molar-refractivity contribution is 6.34. The number of carbonyl (C=O) groups excluding carboxylic acids is 4. The van der Waals surface area contributed by atoms with Crippen molar-refractivity contribution in [2.45, 2.75) is 18.3 Å². The summed E-state index contributed by atoms with van der Waals surface area (Å²) in [6, 6.07) is 28.4. The third-order valence-electron chi connectivity index (χ3n) is 10.3. The van der Waals surface area contributed by atoms with E-state index in [4.69, 9.17) is 23.2 Å². The molecule has 0 radical (unpaired) electrons. The second-order valence-corrected chi connectivity index (χ2v) is 15.7. The summed E-state index contributed by atoms with van der Waals surface area (Å²) in [5.41, 5.74) is 4.50. The van der Waals surface area contributed by atoms with Crippen LogP contribution in [0, 0.1) is 0 Å². The van der Waals surface area contributed by atoms with Gasteiger partial charge in [-0.3, -0.25) is 24.3 Å². The van der Waals surface area contributed by atoms with Gasteiger partial charge in [-0.25, -0.2) is 19.0 Å². The fraction of sp³-hybridized carbons (Fsp3) is 0.114. The molecule has 0 bridgehead atoms. The Morgan fingerprint density at radius 2 is 1.12 bits per heavy atom. The zero-order valence-electron chi connectivity index (χ0n) is 34.4. The van der Waals surface area contributed by atoms with Crippen molar-refractivity contribution in [3.63, 3.8) is 0 Å². The van der Waals surface area contributed by atoms with E-state index in [1.54, 1.807) is 138 Å². The monoisotopic (exact) mass is 909 g/mol. The van der Waals surface area contributed by atoms with Gasteiger partial charge in [-0.15, -0.1) is 5.10 Å². The maximum atomic E-state index is 13.5. The number of nitrogens with one attached hydrogen (secondary N) is 6. The number of anilines is 6. The van der Waals surface area contributed by atoms with Crippen molar-refractivity contribution >= 4 is 81.6 Å². The Balaban J connectivity index is 0.790. The summed E-state index contributed by atoms with van der Waals surface area (Å²) in [5.74, 6) is 0.573. The van der Waals surface area contributed by atoms with Crippen LogP contribution in [0.5, 0.6) is 0 Å². The number of amides is 6. The maximum Gasteiger partial charge on any atom is 0.323 e. The second kappa shape index (κ2) is 17.8. The maximum absolute atomic E-state index is 13.5. The normalized spacial score (nSPS) is 14.0. The number of halogens is 2. The highest BCUT2D eigenvalue weighted by Crippen LogP contribution is 2.54. The Morgan fingerprint density at radius 1 is 0.585 bits per heavy atom. The molecule has 21 heteroatoms. The van der Waals surface area contributed by atoms with E-state index >= 15 is 0 Å². The van der Waals surface area contributed by atoms with Crippen molar-refractivity contribution in [3.8, 4) is 11.4 Å². The van der Waals surface area contributed by atoms with E-state index in [1.807, 2.05) is 6.07 Å². The molecule has 4 heterocycles. The molecule has 0 aliphatic heterocycles.